The van der Waals surface area contributed by atoms with Crippen LogP contribution >= 0.6 is 0 Å². The number of aromatic nitrogens is 4. The van der Waals surface area contributed by atoms with Crippen molar-refractivity contribution < 1.29 is 4.79 Å². The Bertz CT molecular complexity index is 1550. The molecule has 0 spiro atoms. The molecule has 158 valence electrons. The summed E-state index contributed by atoms with van der Waals surface area (Å²) in [5, 5.41) is 4.84. The smallest absolute Gasteiger partial charge is 0.292 e. The first-order valence-corrected chi connectivity index (χ1v) is 10.4. The fraction of sp³-hybridized carbons (Fsp3) is 0.120. The molecule has 0 aliphatic rings. The van der Waals surface area contributed by atoms with Gasteiger partial charge in [-0.2, -0.15) is 0 Å². The molecule has 2 heterocycles. The van der Waals surface area contributed by atoms with Crippen molar-refractivity contribution in [3.05, 3.63) is 117 Å². The Labute approximate surface area is 182 Å². The summed E-state index contributed by atoms with van der Waals surface area (Å²) in [4.78, 5) is 39.2. The predicted octanol–water partition coefficient (Wildman–Crippen LogP) is 2.94. The summed E-state index contributed by atoms with van der Waals surface area (Å²) in [6.45, 7) is 0.159. The molecule has 0 aliphatic heterocycles. The topological polar surface area (TPSA) is 78.4 Å². The number of Topliss-reactive ketones (excluding diaryl/α,β-unsaturated/α-hetero) is 1. The SMILES string of the molecule is O=C(Cn1nc2n(CCc3ccccc3)c(=O)c3ccccc3n2c1=O)c1ccccc1. The van der Waals surface area contributed by atoms with Crippen LogP contribution < -0.4 is 11.2 Å². The Hall–Kier alpha value is -4.26. The van der Waals surface area contributed by atoms with E-state index in [9.17, 15) is 14.4 Å². The van der Waals surface area contributed by atoms with Gasteiger partial charge in [0.2, 0.25) is 5.78 Å². The van der Waals surface area contributed by atoms with E-state index < -0.39 is 5.69 Å². The molecule has 0 aliphatic carbocycles. The molecule has 0 fully saturated rings. The van der Waals surface area contributed by atoms with E-state index >= 15 is 0 Å². The third-order valence-corrected chi connectivity index (χ3v) is 5.54. The molecule has 0 bridgehead atoms. The standard InChI is InChI=1S/C25H20N4O3/c30-22(19-11-5-2-6-12-19)17-28-25(32)29-21-14-8-7-13-20(21)23(31)27(24(29)26-28)16-15-18-9-3-1-4-10-18/h1-14H,15-17H2. The highest BCUT2D eigenvalue weighted by molar-refractivity contribution is 5.95. The average molecular weight is 424 g/mol. The first-order valence-electron chi connectivity index (χ1n) is 10.4. The van der Waals surface area contributed by atoms with Crippen molar-refractivity contribution in [2.45, 2.75) is 19.5 Å². The van der Waals surface area contributed by atoms with Crippen LogP contribution in [0.15, 0.2) is 94.5 Å². The summed E-state index contributed by atoms with van der Waals surface area (Å²) in [5.74, 6) is 0.00841. The van der Waals surface area contributed by atoms with Gasteiger partial charge in [0.1, 0.15) is 6.54 Å². The van der Waals surface area contributed by atoms with E-state index in [1.807, 2.05) is 36.4 Å². The molecule has 5 aromatic rings. The molecule has 0 saturated carbocycles. The summed E-state index contributed by atoms with van der Waals surface area (Å²) in [5.41, 5.74) is 1.39. The number of benzene rings is 3. The number of aryl methyl sites for hydroxylation is 2. The van der Waals surface area contributed by atoms with Crippen molar-refractivity contribution in [2.75, 3.05) is 0 Å². The van der Waals surface area contributed by atoms with Crippen LogP contribution in [0.1, 0.15) is 15.9 Å². The van der Waals surface area contributed by atoms with Crippen molar-refractivity contribution in [2.24, 2.45) is 0 Å². The first kappa shape index (κ1) is 19.7. The van der Waals surface area contributed by atoms with Crippen molar-refractivity contribution in [3.8, 4) is 0 Å². The molecular formula is C25H20N4O3. The summed E-state index contributed by atoms with van der Waals surface area (Å²) in [7, 11) is 0. The number of carbonyl (C=O) groups excluding carboxylic acids is 1. The fourth-order valence-electron chi connectivity index (χ4n) is 3.91. The fourth-order valence-corrected chi connectivity index (χ4v) is 3.91. The third kappa shape index (κ3) is 3.43. The zero-order chi connectivity index (χ0) is 22.1. The van der Waals surface area contributed by atoms with Gasteiger partial charge < -0.3 is 0 Å². The van der Waals surface area contributed by atoms with Gasteiger partial charge >= 0.3 is 5.69 Å². The zero-order valence-electron chi connectivity index (χ0n) is 17.2. The number of ketones is 1. The normalized spacial score (nSPS) is 11.2. The predicted molar refractivity (Wildman–Crippen MR) is 122 cm³/mol. The van der Waals surface area contributed by atoms with Crippen LogP contribution in [0.25, 0.3) is 16.7 Å². The Balaban J connectivity index is 1.64. The second-order valence-corrected chi connectivity index (χ2v) is 7.57. The maximum absolute atomic E-state index is 13.3. The third-order valence-electron chi connectivity index (χ3n) is 5.54. The van der Waals surface area contributed by atoms with E-state index in [0.717, 1.165) is 10.2 Å². The maximum Gasteiger partial charge on any atom is 0.352 e. The maximum atomic E-state index is 13.3. The van der Waals surface area contributed by atoms with Crippen molar-refractivity contribution in [3.63, 3.8) is 0 Å². The first-order chi connectivity index (χ1) is 15.6. The number of fused-ring (bicyclic) bond motifs is 3. The van der Waals surface area contributed by atoms with Crippen LogP contribution in [-0.4, -0.2) is 24.5 Å². The van der Waals surface area contributed by atoms with Crippen LogP contribution in [0.3, 0.4) is 0 Å². The molecule has 5 rings (SSSR count). The molecule has 0 N–H and O–H groups in total. The number of carbonyl (C=O) groups is 1. The van der Waals surface area contributed by atoms with Gasteiger partial charge in [-0.1, -0.05) is 72.8 Å². The van der Waals surface area contributed by atoms with Crippen molar-refractivity contribution in [1.82, 2.24) is 18.7 Å². The number of rotatable bonds is 6. The van der Waals surface area contributed by atoms with Crippen LogP contribution in [-0.2, 0) is 19.5 Å². The van der Waals surface area contributed by atoms with Gasteiger partial charge in [0.25, 0.3) is 5.56 Å². The summed E-state index contributed by atoms with van der Waals surface area (Å²) >= 11 is 0. The van der Waals surface area contributed by atoms with Gasteiger partial charge in [0.05, 0.1) is 10.9 Å². The van der Waals surface area contributed by atoms with E-state index in [0.29, 0.717) is 29.4 Å². The second-order valence-electron chi connectivity index (χ2n) is 7.57. The minimum atomic E-state index is -0.450. The molecule has 3 aromatic carbocycles. The lowest BCUT2D eigenvalue weighted by molar-refractivity contribution is 0.0966. The quantitative estimate of drug-likeness (QED) is 0.393. The highest BCUT2D eigenvalue weighted by Gasteiger charge is 2.19. The van der Waals surface area contributed by atoms with Crippen molar-refractivity contribution >= 4 is 22.5 Å². The molecule has 7 heteroatoms. The Morgan fingerprint density at radius 3 is 2.22 bits per heavy atom. The van der Waals surface area contributed by atoms with E-state index in [4.69, 9.17) is 0 Å². The molecule has 0 atom stereocenters. The lowest BCUT2D eigenvalue weighted by Crippen LogP contribution is -2.28. The van der Waals surface area contributed by atoms with Crippen LogP contribution in [0.4, 0.5) is 0 Å². The molecule has 7 nitrogen and oxygen atoms in total. The summed E-state index contributed by atoms with van der Waals surface area (Å²) < 4.78 is 4.07. The van der Waals surface area contributed by atoms with E-state index in [1.54, 1.807) is 48.5 Å². The van der Waals surface area contributed by atoms with Gasteiger partial charge in [0, 0.05) is 12.1 Å². The minimum Gasteiger partial charge on any atom is -0.292 e. The number of para-hydroxylation sites is 1. The van der Waals surface area contributed by atoms with Crippen LogP contribution in [0.5, 0.6) is 0 Å². The lowest BCUT2D eigenvalue weighted by atomic mass is 10.1. The highest BCUT2D eigenvalue weighted by atomic mass is 16.2. The van der Waals surface area contributed by atoms with E-state index in [1.165, 1.54) is 8.97 Å². The van der Waals surface area contributed by atoms with Crippen molar-refractivity contribution in [1.29, 1.82) is 0 Å². The van der Waals surface area contributed by atoms with Crippen LogP contribution in [0.2, 0.25) is 0 Å². The Morgan fingerprint density at radius 2 is 1.47 bits per heavy atom. The number of nitrogens with zero attached hydrogens (tertiary/aromatic N) is 4. The van der Waals surface area contributed by atoms with Gasteiger partial charge in [-0.15, -0.1) is 5.10 Å². The minimum absolute atomic E-state index is 0.203. The monoisotopic (exact) mass is 424 g/mol. The molecular weight excluding hydrogens is 404 g/mol. The van der Waals surface area contributed by atoms with Gasteiger partial charge in [-0.25, -0.2) is 13.9 Å². The Morgan fingerprint density at radius 1 is 0.812 bits per heavy atom. The summed E-state index contributed by atoms with van der Waals surface area (Å²) in [6.07, 6.45) is 0.610. The second kappa shape index (κ2) is 8.11. The molecule has 32 heavy (non-hydrogen) atoms. The molecule has 0 unspecified atom stereocenters. The largest absolute Gasteiger partial charge is 0.352 e. The average Bonchev–Trinajstić information content (AvgIpc) is 3.16. The van der Waals surface area contributed by atoms with E-state index in [2.05, 4.69) is 5.10 Å². The molecule has 0 saturated heterocycles. The molecule has 2 aromatic heterocycles. The molecule has 0 radical (unpaired) electrons. The molecule has 0 amide bonds. The highest BCUT2D eigenvalue weighted by Crippen LogP contribution is 2.12. The lowest BCUT2D eigenvalue weighted by Gasteiger charge is -2.09. The number of hydrogen-bond acceptors (Lipinski definition) is 4. The Kier molecular flexibility index (Phi) is 4.99. The van der Waals surface area contributed by atoms with Gasteiger partial charge in [-0.05, 0) is 24.1 Å². The van der Waals surface area contributed by atoms with Gasteiger partial charge in [0.15, 0.2) is 5.78 Å². The zero-order valence-corrected chi connectivity index (χ0v) is 17.2. The number of hydrogen-bond donors (Lipinski definition) is 0. The van der Waals surface area contributed by atoms with Gasteiger partial charge in [-0.3, -0.25) is 14.2 Å². The van der Waals surface area contributed by atoms with E-state index in [-0.39, 0.29) is 23.7 Å². The summed E-state index contributed by atoms with van der Waals surface area (Å²) in [6, 6.07) is 25.6. The van der Waals surface area contributed by atoms with Crippen LogP contribution in [0, 0.1) is 0 Å².